The van der Waals surface area contributed by atoms with Crippen molar-refractivity contribution < 1.29 is 22.9 Å². The molecule has 2 heterocycles. The second-order valence-electron chi connectivity index (χ2n) is 11.0. The number of hydrogen-bond acceptors (Lipinski definition) is 5. The van der Waals surface area contributed by atoms with Gasteiger partial charge in [0.25, 0.3) is 0 Å². The first-order valence-electron chi connectivity index (χ1n) is 13.6. The van der Waals surface area contributed by atoms with Crippen molar-refractivity contribution in [1.29, 1.82) is 0 Å². The van der Waals surface area contributed by atoms with Gasteiger partial charge in [-0.2, -0.15) is 9.82 Å². The summed E-state index contributed by atoms with van der Waals surface area (Å²) in [5, 5.41) is 7.39. The number of unbranched alkanes of at least 4 members (excludes halogenated alkanes) is 1. The van der Waals surface area contributed by atoms with E-state index in [-0.39, 0.29) is 22.6 Å². The molecule has 1 atom stereocenters. The molecular weight excluding hydrogens is 502 g/mol. The number of nitrogens with two attached hydrogens (primary N) is 1. The molecule has 0 aliphatic carbocycles. The molecule has 1 aromatic carbocycles. The lowest BCUT2D eigenvalue weighted by Crippen LogP contribution is -2.82. The number of benzene rings is 1. The highest BCUT2D eigenvalue weighted by molar-refractivity contribution is 7.89. The SMILES string of the molecule is Cc1cc(C[NH2+]CCCC[C@H](NS(=O)(=O)c2ccc3occc3c2)C(=O)N(CC(C)C)CC(C)C)nn1C. The number of furan rings is 1. The summed E-state index contributed by atoms with van der Waals surface area (Å²) >= 11 is 0. The van der Waals surface area contributed by atoms with Crippen LogP contribution in [0.5, 0.6) is 0 Å². The van der Waals surface area contributed by atoms with Crippen LogP contribution in [0.2, 0.25) is 0 Å². The van der Waals surface area contributed by atoms with Crippen LogP contribution in [0.3, 0.4) is 0 Å². The maximum Gasteiger partial charge on any atom is 0.241 e. The summed E-state index contributed by atoms with van der Waals surface area (Å²) in [6, 6.07) is 7.73. The van der Waals surface area contributed by atoms with Crippen molar-refractivity contribution in [3.8, 4) is 0 Å². The Kier molecular flexibility index (Phi) is 10.5. The third-order valence-electron chi connectivity index (χ3n) is 6.48. The number of aromatic nitrogens is 2. The van der Waals surface area contributed by atoms with Crippen molar-refractivity contribution in [3.63, 3.8) is 0 Å². The lowest BCUT2D eigenvalue weighted by molar-refractivity contribution is -0.671. The second-order valence-corrected chi connectivity index (χ2v) is 12.7. The fourth-order valence-electron chi connectivity index (χ4n) is 4.58. The Labute approximate surface area is 227 Å². The first-order valence-corrected chi connectivity index (χ1v) is 15.0. The van der Waals surface area contributed by atoms with Gasteiger partial charge in [0.1, 0.15) is 23.9 Å². The average molecular weight is 547 g/mol. The largest absolute Gasteiger partial charge is 0.464 e. The van der Waals surface area contributed by atoms with Gasteiger partial charge in [0.2, 0.25) is 15.9 Å². The topological polar surface area (TPSA) is 114 Å². The molecule has 0 fully saturated rings. The fraction of sp³-hybridized carbons (Fsp3) is 0.571. The number of quaternary nitrogens is 1. The van der Waals surface area contributed by atoms with E-state index in [1.54, 1.807) is 18.2 Å². The lowest BCUT2D eigenvalue weighted by Gasteiger charge is -2.30. The van der Waals surface area contributed by atoms with E-state index in [1.165, 1.54) is 12.3 Å². The Hall–Kier alpha value is -2.69. The van der Waals surface area contributed by atoms with Crippen molar-refractivity contribution >= 4 is 26.9 Å². The highest BCUT2D eigenvalue weighted by Crippen LogP contribution is 2.21. The predicted molar refractivity (Wildman–Crippen MR) is 149 cm³/mol. The highest BCUT2D eigenvalue weighted by atomic mass is 32.2. The second kappa shape index (κ2) is 13.4. The number of rotatable bonds is 15. The molecule has 0 aliphatic heterocycles. The summed E-state index contributed by atoms with van der Waals surface area (Å²) in [6.07, 6.45) is 3.57. The highest BCUT2D eigenvalue weighted by Gasteiger charge is 2.30. The Morgan fingerprint density at radius 2 is 1.82 bits per heavy atom. The zero-order chi connectivity index (χ0) is 27.9. The molecule has 0 bridgehead atoms. The van der Waals surface area contributed by atoms with Gasteiger partial charge in [-0.3, -0.25) is 9.48 Å². The number of fused-ring (bicyclic) bond motifs is 1. The van der Waals surface area contributed by atoms with E-state index in [9.17, 15) is 13.2 Å². The van der Waals surface area contributed by atoms with Crippen LogP contribution in [0.4, 0.5) is 0 Å². The quantitative estimate of drug-likeness (QED) is 0.284. The summed E-state index contributed by atoms with van der Waals surface area (Å²) in [5.41, 5.74) is 2.79. The molecule has 38 heavy (non-hydrogen) atoms. The molecule has 10 heteroatoms. The van der Waals surface area contributed by atoms with Gasteiger partial charge in [-0.1, -0.05) is 27.7 Å². The molecule has 210 valence electrons. The summed E-state index contributed by atoms with van der Waals surface area (Å²) in [5.74, 6) is 0.403. The molecule has 0 saturated heterocycles. The third kappa shape index (κ3) is 8.41. The van der Waals surface area contributed by atoms with Crippen LogP contribution in [0, 0.1) is 18.8 Å². The minimum Gasteiger partial charge on any atom is -0.464 e. The smallest absolute Gasteiger partial charge is 0.241 e. The van der Waals surface area contributed by atoms with Gasteiger partial charge >= 0.3 is 0 Å². The van der Waals surface area contributed by atoms with E-state index >= 15 is 0 Å². The van der Waals surface area contributed by atoms with Gasteiger partial charge in [0, 0.05) is 31.2 Å². The maximum atomic E-state index is 13.7. The van der Waals surface area contributed by atoms with E-state index < -0.39 is 16.1 Å². The van der Waals surface area contributed by atoms with Gasteiger partial charge in [0.05, 0.1) is 17.7 Å². The van der Waals surface area contributed by atoms with E-state index in [0.717, 1.165) is 37.3 Å². The first kappa shape index (κ1) is 29.9. The monoisotopic (exact) mass is 546 g/mol. The third-order valence-corrected chi connectivity index (χ3v) is 7.95. The van der Waals surface area contributed by atoms with Gasteiger partial charge in [-0.05, 0) is 68.4 Å². The number of carbonyl (C=O) groups excluding carboxylic acids is 1. The van der Waals surface area contributed by atoms with Crippen molar-refractivity contribution in [2.24, 2.45) is 18.9 Å². The summed E-state index contributed by atoms with van der Waals surface area (Å²) < 4.78 is 36.7. The molecule has 0 saturated carbocycles. The van der Waals surface area contributed by atoms with Gasteiger partial charge < -0.3 is 14.6 Å². The number of aryl methyl sites for hydroxylation is 2. The average Bonchev–Trinajstić information content (AvgIpc) is 3.44. The van der Waals surface area contributed by atoms with Crippen LogP contribution in [0.1, 0.15) is 58.3 Å². The molecule has 2 aromatic heterocycles. The van der Waals surface area contributed by atoms with Crippen LogP contribution in [0.25, 0.3) is 11.0 Å². The number of hydrogen-bond donors (Lipinski definition) is 2. The molecule has 0 radical (unpaired) electrons. The molecular formula is C28H44N5O4S+. The molecule has 3 aromatic rings. The normalized spacial score (nSPS) is 13.1. The zero-order valence-electron chi connectivity index (χ0n) is 23.6. The standard InChI is InChI=1S/C28H43N5O4S/c1-20(2)18-33(19-21(3)4)28(34)26(9-7-8-13-29-17-24-15-22(5)32(6)30-24)31-38(35,36)25-10-11-27-23(16-25)12-14-37-27/h10-12,14-16,20-21,26,29,31H,7-9,13,17-19H2,1-6H3/p+1/t26-/m0/s1. The molecule has 3 rings (SSSR count). The van der Waals surface area contributed by atoms with Crippen LogP contribution < -0.4 is 10.0 Å². The van der Waals surface area contributed by atoms with Gasteiger partial charge in [-0.25, -0.2) is 8.42 Å². The molecule has 9 nitrogen and oxygen atoms in total. The Morgan fingerprint density at radius 1 is 1.11 bits per heavy atom. The van der Waals surface area contributed by atoms with E-state index in [2.05, 4.69) is 48.9 Å². The van der Waals surface area contributed by atoms with E-state index in [0.29, 0.717) is 30.5 Å². The number of nitrogens with one attached hydrogen (secondary N) is 1. The van der Waals surface area contributed by atoms with Crippen molar-refractivity contribution in [2.75, 3.05) is 19.6 Å². The number of nitrogens with zero attached hydrogens (tertiary/aromatic N) is 3. The van der Waals surface area contributed by atoms with Crippen LogP contribution >= 0.6 is 0 Å². The van der Waals surface area contributed by atoms with Crippen molar-refractivity contribution in [1.82, 2.24) is 19.4 Å². The summed E-state index contributed by atoms with van der Waals surface area (Å²) in [4.78, 5) is 15.6. The Morgan fingerprint density at radius 3 is 2.45 bits per heavy atom. The minimum atomic E-state index is -3.91. The molecule has 0 unspecified atom stereocenters. The van der Waals surface area contributed by atoms with Gasteiger partial charge in [0.15, 0.2) is 0 Å². The summed E-state index contributed by atoms with van der Waals surface area (Å²) in [7, 11) is -1.97. The van der Waals surface area contributed by atoms with Crippen LogP contribution in [0.15, 0.2) is 45.9 Å². The predicted octanol–water partition coefficient (Wildman–Crippen LogP) is 3.20. The fourth-order valence-corrected chi connectivity index (χ4v) is 5.84. The number of carbonyl (C=O) groups is 1. The van der Waals surface area contributed by atoms with Crippen molar-refractivity contribution in [3.05, 3.63) is 48.0 Å². The van der Waals surface area contributed by atoms with Crippen LogP contribution in [-0.2, 0) is 28.4 Å². The van der Waals surface area contributed by atoms with Gasteiger partial charge in [-0.15, -0.1) is 0 Å². The molecule has 0 spiro atoms. The van der Waals surface area contributed by atoms with E-state index in [1.807, 2.05) is 23.6 Å². The Balaban J connectivity index is 1.68. The molecule has 3 N–H and O–H groups in total. The minimum absolute atomic E-state index is 0.127. The van der Waals surface area contributed by atoms with Crippen LogP contribution in [-0.4, -0.2) is 54.7 Å². The molecule has 0 aliphatic rings. The van der Waals surface area contributed by atoms with Crippen molar-refractivity contribution in [2.45, 2.75) is 71.4 Å². The number of sulfonamides is 1. The number of amides is 1. The zero-order valence-corrected chi connectivity index (χ0v) is 24.4. The maximum absolute atomic E-state index is 13.7. The Bertz CT molecular complexity index is 1270. The first-order chi connectivity index (χ1) is 18.0. The lowest BCUT2D eigenvalue weighted by atomic mass is 10.1. The molecule has 1 amide bonds. The summed E-state index contributed by atoms with van der Waals surface area (Å²) in [6.45, 7) is 13.2. The van der Waals surface area contributed by atoms with E-state index in [4.69, 9.17) is 4.42 Å².